The summed E-state index contributed by atoms with van der Waals surface area (Å²) in [5.74, 6) is 0.370. The summed E-state index contributed by atoms with van der Waals surface area (Å²) in [6.45, 7) is 2.30. The third-order valence-electron chi connectivity index (χ3n) is 4.44. The number of rotatable bonds is 9. The maximum Gasteiger partial charge on any atom is 0.131 e. The largest absolute Gasteiger partial charge is 0.488 e. The van der Waals surface area contributed by atoms with Crippen LogP contribution in [0.2, 0.25) is 5.02 Å². The first-order valence-electron chi connectivity index (χ1n) is 8.96. The van der Waals surface area contributed by atoms with Crippen molar-refractivity contribution in [1.29, 1.82) is 0 Å². The predicted molar refractivity (Wildman–Crippen MR) is 108 cm³/mol. The molecule has 3 aromatic carbocycles. The Kier molecular flexibility index (Phi) is 7.04. The zero-order chi connectivity index (χ0) is 19.1. The van der Waals surface area contributed by atoms with Crippen LogP contribution < -0.4 is 10.1 Å². The minimum atomic E-state index is -0.359. The zero-order valence-electron chi connectivity index (χ0n) is 15.3. The van der Waals surface area contributed by atoms with E-state index in [0.717, 1.165) is 41.7 Å². The van der Waals surface area contributed by atoms with Gasteiger partial charge in [0.05, 0.1) is 5.02 Å². The fourth-order valence-corrected chi connectivity index (χ4v) is 3.23. The molecule has 0 fully saturated rings. The molecule has 0 unspecified atom stereocenters. The van der Waals surface area contributed by atoms with Crippen LogP contribution in [0.25, 0.3) is 10.8 Å². The van der Waals surface area contributed by atoms with Gasteiger partial charge in [-0.15, -0.1) is 0 Å². The Morgan fingerprint density at radius 2 is 1.85 bits per heavy atom. The molecule has 0 bridgehead atoms. The lowest BCUT2D eigenvalue weighted by molar-refractivity contribution is 0.194. The van der Waals surface area contributed by atoms with Gasteiger partial charge < -0.3 is 14.8 Å². The van der Waals surface area contributed by atoms with Crippen LogP contribution in [0, 0.1) is 5.82 Å². The molecule has 142 valence electrons. The summed E-state index contributed by atoms with van der Waals surface area (Å²) < 4.78 is 25.1. The van der Waals surface area contributed by atoms with Crippen LogP contribution in [0.3, 0.4) is 0 Å². The Labute approximate surface area is 164 Å². The lowest BCUT2D eigenvalue weighted by Crippen LogP contribution is -2.17. The third kappa shape index (κ3) is 4.98. The Bertz CT molecular complexity index is 880. The molecular weight excluding hydrogens is 365 g/mol. The molecule has 0 aromatic heterocycles. The fourth-order valence-electron chi connectivity index (χ4n) is 3.01. The van der Waals surface area contributed by atoms with Gasteiger partial charge in [-0.25, -0.2) is 4.39 Å². The van der Waals surface area contributed by atoms with E-state index in [9.17, 15) is 4.39 Å². The van der Waals surface area contributed by atoms with Crippen molar-refractivity contribution in [3.8, 4) is 5.75 Å². The highest BCUT2D eigenvalue weighted by molar-refractivity contribution is 6.31. The second-order valence-electron chi connectivity index (χ2n) is 6.28. The average molecular weight is 388 g/mol. The van der Waals surface area contributed by atoms with Crippen molar-refractivity contribution in [3.05, 3.63) is 76.6 Å². The van der Waals surface area contributed by atoms with Crippen LogP contribution in [0.4, 0.5) is 4.39 Å². The van der Waals surface area contributed by atoms with E-state index in [1.807, 2.05) is 24.3 Å². The molecular formula is C22H23ClFNO2. The van der Waals surface area contributed by atoms with Gasteiger partial charge in [-0.2, -0.15) is 0 Å². The summed E-state index contributed by atoms with van der Waals surface area (Å²) in [4.78, 5) is 0. The van der Waals surface area contributed by atoms with Crippen LogP contribution in [-0.4, -0.2) is 20.3 Å². The van der Waals surface area contributed by atoms with E-state index in [2.05, 4.69) is 17.4 Å². The van der Waals surface area contributed by atoms with Crippen molar-refractivity contribution in [2.75, 3.05) is 20.3 Å². The molecule has 0 aliphatic carbocycles. The van der Waals surface area contributed by atoms with Gasteiger partial charge in [-0.1, -0.05) is 48.0 Å². The molecule has 0 saturated heterocycles. The summed E-state index contributed by atoms with van der Waals surface area (Å²) >= 11 is 6.12. The fraction of sp³-hybridized carbons (Fsp3) is 0.273. The number of halogens is 2. The zero-order valence-corrected chi connectivity index (χ0v) is 16.1. The SMILES string of the molecule is COCCCNCc1c(OCc2c(F)cccc2Cl)ccc2ccccc12. The monoisotopic (exact) mass is 387 g/mol. The molecule has 0 aliphatic heterocycles. The van der Waals surface area contributed by atoms with Gasteiger partial charge in [-0.3, -0.25) is 0 Å². The van der Waals surface area contributed by atoms with Gasteiger partial charge in [0.2, 0.25) is 0 Å². The van der Waals surface area contributed by atoms with Crippen LogP contribution in [-0.2, 0) is 17.9 Å². The topological polar surface area (TPSA) is 30.5 Å². The molecule has 5 heteroatoms. The second-order valence-corrected chi connectivity index (χ2v) is 6.68. The second kappa shape index (κ2) is 9.70. The summed E-state index contributed by atoms with van der Waals surface area (Å²) in [7, 11) is 1.70. The molecule has 1 N–H and O–H groups in total. The average Bonchev–Trinajstić information content (AvgIpc) is 2.68. The van der Waals surface area contributed by atoms with Gasteiger partial charge in [0.25, 0.3) is 0 Å². The minimum absolute atomic E-state index is 0.0839. The van der Waals surface area contributed by atoms with Crippen molar-refractivity contribution < 1.29 is 13.9 Å². The molecule has 0 saturated carbocycles. The third-order valence-corrected chi connectivity index (χ3v) is 4.79. The van der Waals surface area contributed by atoms with Crippen LogP contribution >= 0.6 is 11.6 Å². The summed E-state index contributed by atoms with van der Waals surface area (Å²) in [5.41, 5.74) is 1.42. The van der Waals surface area contributed by atoms with E-state index in [4.69, 9.17) is 21.1 Å². The normalized spacial score (nSPS) is 11.1. The Hall–Kier alpha value is -2.14. The number of hydrogen-bond acceptors (Lipinski definition) is 3. The molecule has 0 spiro atoms. The van der Waals surface area contributed by atoms with Crippen molar-refractivity contribution in [1.82, 2.24) is 5.32 Å². The summed E-state index contributed by atoms with van der Waals surface area (Å²) in [6.07, 6.45) is 0.933. The maximum absolute atomic E-state index is 14.0. The molecule has 0 amide bonds. The highest BCUT2D eigenvalue weighted by Gasteiger charge is 2.12. The van der Waals surface area contributed by atoms with Crippen molar-refractivity contribution in [3.63, 3.8) is 0 Å². The molecule has 3 rings (SSSR count). The number of benzene rings is 3. The lowest BCUT2D eigenvalue weighted by Gasteiger charge is -2.16. The van der Waals surface area contributed by atoms with Gasteiger partial charge in [0, 0.05) is 31.4 Å². The number of methoxy groups -OCH3 is 1. The Morgan fingerprint density at radius 1 is 1.00 bits per heavy atom. The van der Waals surface area contributed by atoms with E-state index >= 15 is 0 Å². The molecule has 0 radical (unpaired) electrons. The van der Waals surface area contributed by atoms with Gasteiger partial charge >= 0.3 is 0 Å². The van der Waals surface area contributed by atoms with Crippen molar-refractivity contribution in [2.45, 2.75) is 19.6 Å². The number of nitrogens with one attached hydrogen (secondary N) is 1. The van der Waals surface area contributed by atoms with Crippen LogP contribution in [0.1, 0.15) is 17.5 Å². The van der Waals surface area contributed by atoms with Crippen molar-refractivity contribution in [2.24, 2.45) is 0 Å². The van der Waals surface area contributed by atoms with Gasteiger partial charge in [-0.05, 0) is 41.9 Å². The van der Waals surface area contributed by atoms with Gasteiger partial charge in [0.1, 0.15) is 18.2 Å². The first-order valence-corrected chi connectivity index (χ1v) is 9.34. The Balaban J connectivity index is 1.82. The van der Waals surface area contributed by atoms with E-state index in [1.54, 1.807) is 19.2 Å². The first kappa shape index (κ1) is 19.6. The molecule has 3 aromatic rings. The lowest BCUT2D eigenvalue weighted by atomic mass is 10.0. The summed E-state index contributed by atoms with van der Waals surface area (Å²) in [5, 5.41) is 6.06. The van der Waals surface area contributed by atoms with Crippen LogP contribution in [0.5, 0.6) is 5.75 Å². The van der Waals surface area contributed by atoms with E-state index in [1.165, 1.54) is 6.07 Å². The molecule has 0 atom stereocenters. The Morgan fingerprint density at radius 3 is 2.67 bits per heavy atom. The van der Waals surface area contributed by atoms with Crippen molar-refractivity contribution >= 4 is 22.4 Å². The molecule has 3 nitrogen and oxygen atoms in total. The van der Waals surface area contributed by atoms with E-state index in [-0.39, 0.29) is 12.4 Å². The predicted octanol–water partition coefficient (Wildman–Crippen LogP) is 5.34. The maximum atomic E-state index is 14.0. The summed E-state index contributed by atoms with van der Waals surface area (Å²) in [6, 6.07) is 16.8. The van der Waals surface area contributed by atoms with E-state index in [0.29, 0.717) is 17.1 Å². The smallest absolute Gasteiger partial charge is 0.131 e. The highest BCUT2D eigenvalue weighted by atomic mass is 35.5. The molecule has 0 heterocycles. The highest BCUT2D eigenvalue weighted by Crippen LogP contribution is 2.30. The molecule has 0 aliphatic rings. The van der Waals surface area contributed by atoms with E-state index < -0.39 is 0 Å². The standard InChI is InChI=1S/C22H23ClFNO2/c1-26-13-5-12-25-14-18-17-7-3-2-6-16(17)10-11-22(18)27-15-19-20(23)8-4-9-21(19)24/h2-4,6-11,25H,5,12-15H2,1H3. The molecule has 27 heavy (non-hydrogen) atoms. The number of fused-ring (bicyclic) bond motifs is 1. The number of hydrogen-bond donors (Lipinski definition) is 1. The quantitative estimate of drug-likeness (QED) is 0.503. The number of ether oxygens (including phenoxy) is 2. The minimum Gasteiger partial charge on any atom is -0.488 e. The van der Waals surface area contributed by atoms with Crippen LogP contribution in [0.15, 0.2) is 54.6 Å². The van der Waals surface area contributed by atoms with Gasteiger partial charge in [0.15, 0.2) is 0 Å². The first-order chi connectivity index (χ1) is 13.2.